The number of piperidine rings is 1. The third kappa shape index (κ3) is 4.75. The summed E-state index contributed by atoms with van der Waals surface area (Å²) in [6.45, 7) is 1.07. The van der Waals surface area contributed by atoms with E-state index >= 15 is 0 Å². The molecule has 27 heavy (non-hydrogen) atoms. The minimum Gasteiger partial charge on any atom is -0.495 e. The average molecular weight is 371 g/mol. The molecular formula is C20H22FN3O3. The minimum absolute atomic E-state index is 0.0159. The van der Waals surface area contributed by atoms with Crippen LogP contribution >= 0.6 is 0 Å². The number of carbonyl (C=O) groups excluding carboxylic acids is 2. The van der Waals surface area contributed by atoms with Crippen LogP contribution in [0.1, 0.15) is 23.2 Å². The van der Waals surface area contributed by atoms with Gasteiger partial charge in [-0.2, -0.15) is 0 Å². The number of hydrogen-bond donors (Lipinski definition) is 2. The SMILES string of the molecule is COc1ccccc1NC(=O)N1CCC(NC(=O)c2ccc(F)cc2)CC1. The van der Waals surface area contributed by atoms with Crippen LogP contribution in [-0.4, -0.2) is 43.1 Å². The number of amides is 3. The van der Waals surface area contributed by atoms with Gasteiger partial charge in [0.25, 0.3) is 5.91 Å². The molecule has 3 rings (SSSR count). The molecule has 1 fully saturated rings. The zero-order valence-electron chi connectivity index (χ0n) is 15.1. The van der Waals surface area contributed by atoms with E-state index < -0.39 is 0 Å². The van der Waals surface area contributed by atoms with Crippen molar-refractivity contribution in [3.05, 3.63) is 59.9 Å². The van der Waals surface area contributed by atoms with E-state index in [1.54, 1.807) is 24.1 Å². The van der Waals surface area contributed by atoms with Crippen LogP contribution in [0, 0.1) is 5.82 Å². The third-order valence-electron chi connectivity index (χ3n) is 4.57. The number of nitrogens with zero attached hydrogens (tertiary/aromatic N) is 1. The molecular weight excluding hydrogens is 349 g/mol. The fraction of sp³-hybridized carbons (Fsp3) is 0.300. The van der Waals surface area contributed by atoms with E-state index in [0.717, 1.165) is 0 Å². The molecule has 0 radical (unpaired) electrons. The highest BCUT2D eigenvalue weighted by molar-refractivity contribution is 5.94. The number of carbonyl (C=O) groups is 2. The fourth-order valence-corrected chi connectivity index (χ4v) is 3.04. The first-order valence-corrected chi connectivity index (χ1v) is 8.82. The molecule has 0 bridgehead atoms. The summed E-state index contributed by atoms with van der Waals surface area (Å²) < 4.78 is 18.2. The summed E-state index contributed by atoms with van der Waals surface area (Å²) >= 11 is 0. The van der Waals surface area contributed by atoms with Gasteiger partial charge in [0.15, 0.2) is 0 Å². The molecule has 0 spiro atoms. The highest BCUT2D eigenvalue weighted by Gasteiger charge is 2.24. The first-order chi connectivity index (χ1) is 13.1. The van der Waals surface area contributed by atoms with Crippen molar-refractivity contribution in [2.24, 2.45) is 0 Å². The minimum atomic E-state index is -0.374. The van der Waals surface area contributed by atoms with Crippen molar-refractivity contribution < 1.29 is 18.7 Å². The predicted molar refractivity (Wildman–Crippen MR) is 100 cm³/mol. The maximum Gasteiger partial charge on any atom is 0.321 e. The lowest BCUT2D eigenvalue weighted by atomic mass is 10.0. The number of ether oxygens (including phenoxy) is 1. The van der Waals surface area contributed by atoms with Gasteiger partial charge >= 0.3 is 6.03 Å². The van der Waals surface area contributed by atoms with Crippen LogP contribution in [0.25, 0.3) is 0 Å². The third-order valence-corrected chi connectivity index (χ3v) is 4.57. The van der Waals surface area contributed by atoms with E-state index in [1.165, 1.54) is 24.3 Å². The van der Waals surface area contributed by atoms with Gasteiger partial charge in [-0.1, -0.05) is 12.1 Å². The van der Waals surface area contributed by atoms with Crippen LogP contribution in [0.15, 0.2) is 48.5 Å². The van der Waals surface area contributed by atoms with E-state index in [1.807, 2.05) is 12.1 Å². The summed E-state index contributed by atoms with van der Waals surface area (Å²) in [5.41, 5.74) is 1.05. The Morgan fingerprint density at radius 2 is 1.74 bits per heavy atom. The number of hydrogen-bond acceptors (Lipinski definition) is 3. The van der Waals surface area contributed by atoms with E-state index in [4.69, 9.17) is 4.74 Å². The van der Waals surface area contributed by atoms with Crippen LogP contribution in [0.5, 0.6) is 5.75 Å². The number of nitrogens with one attached hydrogen (secondary N) is 2. The number of para-hydroxylation sites is 2. The number of urea groups is 1. The van der Waals surface area contributed by atoms with Crippen molar-refractivity contribution in [2.45, 2.75) is 18.9 Å². The Labute approximate surface area is 157 Å². The molecule has 2 aromatic rings. The molecule has 0 aromatic heterocycles. The van der Waals surface area contributed by atoms with Crippen molar-refractivity contribution in [1.82, 2.24) is 10.2 Å². The van der Waals surface area contributed by atoms with E-state index in [0.29, 0.717) is 42.9 Å². The second-order valence-corrected chi connectivity index (χ2v) is 6.37. The molecule has 3 amide bonds. The number of halogens is 1. The molecule has 1 aliphatic rings. The van der Waals surface area contributed by atoms with Gasteiger partial charge in [-0.05, 0) is 49.2 Å². The maximum absolute atomic E-state index is 12.9. The second-order valence-electron chi connectivity index (χ2n) is 6.37. The highest BCUT2D eigenvalue weighted by atomic mass is 19.1. The van der Waals surface area contributed by atoms with Crippen molar-refractivity contribution in [3.63, 3.8) is 0 Å². The summed E-state index contributed by atoms with van der Waals surface area (Å²) in [5.74, 6) is 0.000128. The molecule has 0 unspecified atom stereocenters. The Balaban J connectivity index is 1.50. The fourth-order valence-electron chi connectivity index (χ4n) is 3.04. The molecule has 7 heteroatoms. The molecule has 142 valence electrons. The lowest BCUT2D eigenvalue weighted by Gasteiger charge is -2.32. The van der Waals surface area contributed by atoms with Crippen LogP contribution in [0.2, 0.25) is 0 Å². The predicted octanol–water partition coefficient (Wildman–Crippen LogP) is 3.26. The average Bonchev–Trinajstić information content (AvgIpc) is 2.69. The number of rotatable bonds is 4. The monoisotopic (exact) mass is 371 g/mol. The molecule has 2 aromatic carbocycles. The molecule has 0 saturated carbocycles. The van der Waals surface area contributed by atoms with Gasteiger partial charge in [-0.25, -0.2) is 9.18 Å². The van der Waals surface area contributed by atoms with Crippen molar-refractivity contribution >= 4 is 17.6 Å². The number of methoxy groups -OCH3 is 1. The standard InChI is InChI=1S/C20H22FN3O3/c1-27-18-5-3-2-4-17(18)23-20(26)24-12-10-16(11-13-24)22-19(25)14-6-8-15(21)9-7-14/h2-9,16H,10-13H2,1H3,(H,22,25)(H,23,26). The van der Waals surface area contributed by atoms with Gasteiger partial charge in [0.2, 0.25) is 0 Å². The normalized spacial score (nSPS) is 14.5. The van der Waals surface area contributed by atoms with Crippen LogP contribution in [0.3, 0.4) is 0 Å². The van der Waals surface area contributed by atoms with Crippen molar-refractivity contribution in [1.29, 1.82) is 0 Å². The van der Waals surface area contributed by atoms with E-state index in [9.17, 15) is 14.0 Å². The van der Waals surface area contributed by atoms with E-state index in [-0.39, 0.29) is 23.8 Å². The van der Waals surface area contributed by atoms with Crippen LogP contribution in [0.4, 0.5) is 14.9 Å². The summed E-state index contributed by atoms with van der Waals surface area (Å²) in [6, 6.07) is 12.5. The zero-order valence-corrected chi connectivity index (χ0v) is 15.1. The van der Waals surface area contributed by atoms with Gasteiger partial charge in [0, 0.05) is 24.7 Å². The zero-order chi connectivity index (χ0) is 19.2. The molecule has 1 saturated heterocycles. The first-order valence-electron chi connectivity index (χ1n) is 8.82. The Kier molecular flexibility index (Phi) is 5.90. The maximum atomic E-state index is 12.9. The van der Waals surface area contributed by atoms with Crippen molar-refractivity contribution in [3.8, 4) is 5.75 Å². The van der Waals surface area contributed by atoms with Gasteiger partial charge < -0.3 is 20.3 Å². The Morgan fingerprint density at radius 3 is 2.41 bits per heavy atom. The second kappa shape index (κ2) is 8.53. The van der Waals surface area contributed by atoms with Crippen LogP contribution in [-0.2, 0) is 0 Å². The first kappa shape index (κ1) is 18.7. The van der Waals surface area contributed by atoms with Gasteiger partial charge in [-0.3, -0.25) is 4.79 Å². The topological polar surface area (TPSA) is 70.7 Å². The Morgan fingerprint density at radius 1 is 1.07 bits per heavy atom. The lowest BCUT2D eigenvalue weighted by molar-refractivity contribution is 0.0919. The van der Waals surface area contributed by atoms with Crippen LogP contribution < -0.4 is 15.4 Å². The lowest BCUT2D eigenvalue weighted by Crippen LogP contribution is -2.47. The number of benzene rings is 2. The highest BCUT2D eigenvalue weighted by Crippen LogP contribution is 2.24. The summed E-state index contributed by atoms with van der Waals surface area (Å²) in [5, 5.41) is 5.80. The summed E-state index contributed by atoms with van der Waals surface area (Å²) in [4.78, 5) is 26.4. The largest absolute Gasteiger partial charge is 0.495 e. The molecule has 1 aliphatic heterocycles. The summed E-state index contributed by atoms with van der Waals surface area (Å²) in [6.07, 6.45) is 1.32. The molecule has 6 nitrogen and oxygen atoms in total. The Bertz CT molecular complexity index is 802. The smallest absolute Gasteiger partial charge is 0.321 e. The molecule has 1 heterocycles. The summed E-state index contributed by atoms with van der Waals surface area (Å²) in [7, 11) is 1.56. The van der Waals surface area contributed by atoms with Crippen molar-refractivity contribution in [2.75, 3.05) is 25.5 Å². The number of likely N-dealkylation sites (tertiary alicyclic amines) is 1. The van der Waals surface area contributed by atoms with Gasteiger partial charge in [0.05, 0.1) is 12.8 Å². The molecule has 0 atom stereocenters. The Hall–Kier alpha value is -3.09. The molecule has 0 aliphatic carbocycles. The number of anilines is 1. The van der Waals surface area contributed by atoms with Gasteiger partial charge in [-0.15, -0.1) is 0 Å². The van der Waals surface area contributed by atoms with Gasteiger partial charge in [0.1, 0.15) is 11.6 Å². The quantitative estimate of drug-likeness (QED) is 0.867. The van der Waals surface area contributed by atoms with E-state index in [2.05, 4.69) is 10.6 Å². The molecule has 2 N–H and O–H groups in total.